The monoisotopic (exact) mass is 340 g/mol. The number of imidazole rings is 1. The normalized spacial score (nSPS) is 15.4. The zero-order valence-electron chi connectivity index (χ0n) is 14.7. The van der Waals surface area contributed by atoms with Crippen molar-refractivity contribution in [2.45, 2.75) is 32.7 Å². The number of aromatic nitrogens is 2. The molecule has 3 rings (SSSR count). The summed E-state index contributed by atoms with van der Waals surface area (Å²) in [5.41, 5.74) is 1.54. The van der Waals surface area contributed by atoms with Gasteiger partial charge in [-0.2, -0.15) is 0 Å². The van der Waals surface area contributed by atoms with Crippen LogP contribution in [0.5, 0.6) is 0 Å². The van der Waals surface area contributed by atoms with E-state index >= 15 is 0 Å². The van der Waals surface area contributed by atoms with E-state index in [0.717, 1.165) is 18.5 Å². The molecule has 0 saturated carbocycles. The molecule has 132 valence electrons. The molecule has 0 atom stereocenters. The van der Waals surface area contributed by atoms with Crippen molar-refractivity contribution >= 4 is 11.8 Å². The number of likely N-dealkylation sites (tertiary alicyclic amines) is 1. The van der Waals surface area contributed by atoms with Crippen LogP contribution in [0, 0.1) is 5.92 Å². The van der Waals surface area contributed by atoms with E-state index in [1.807, 2.05) is 53.8 Å². The predicted octanol–water partition coefficient (Wildman–Crippen LogP) is 2.25. The maximum absolute atomic E-state index is 12.5. The van der Waals surface area contributed by atoms with Crippen LogP contribution in [0.4, 0.5) is 0 Å². The summed E-state index contributed by atoms with van der Waals surface area (Å²) in [6.07, 6.45) is 6.85. The molecular formula is C19H24N4O2. The van der Waals surface area contributed by atoms with Gasteiger partial charge >= 0.3 is 0 Å². The number of carbonyl (C=O) groups excluding carboxylic acids is 2. The van der Waals surface area contributed by atoms with E-state index in [9.17, 15) is 9.59 Å². The molecule has 0 spiro atoms. The Bertz CT molecular complexity index is 732. The second-order valence-corrected chi connectivity index (χ2v) is 6.75. The molecule has 0 unspecified atom stereocenters. The number of rotatable bonds is 4. The predicted molar refractivity (Wildman–Crippen MR) is 95.5 cm³/mol. The Morgan fingerprint density at radius 2 is 2.00 bits per heavy atom. The number of nitrogens with zero attached hydrogens (tertiary/aromatic N) is 3. The number of nitrogens with one attached hydrogen (secondary N) is 1. The molecule has 25 heavy (non-hydrogen) atoms. The van der Waals surface area contributed by atoms with Crippen molar-refractivity contribution in [1.82, 2.24) is 19.8 Å². The van der Waals surface area contributed by atoms with Gasteiger partial charge in [0.15, 0.2) is 0 Å². The SMILES string of the molecule is CC(C)C(=O)N1CCC(NC(=O)c2cccc(-n3ccnc3)c2)CC1. The fourth-order valence-electron chi connectivity index (χ4n) is 3.10. The van der Waals surface area contributed by atoms with Gasteiger partial charge in [0.1, 0.15) is 0 Å². The van der Waals surface area contributed by atoms with E-state index in [1.165, 1.54) is 0 Å². The molecular weight excluding hydrogens is 316 g/mol. The molecule has 2 aromatic rings. The first kappa shape index (κ1) is 17.2. The Morgan fingerprint density at radius 3 is 2.64 bits per heavy atom. The second-order valence-electron chi connectivity index (χ2n) is 6.75. The van der Waals surface area contributed by atoms with Crippen molar-refractivity contribution in [3.05, 3.63) is 48.5 Å². The van der Waals surface area contributed by atoms with Crippen LogP contribution in [0.15, 0.2) is 43.0 Å². The van der Waals surface area contributed by atoms with Crippen LogP contribution in [0.3, 0.4) is 0 Å². The van der Waals surface area contributed by atoms with Crippen LogP contribution in [0.25, 0.3) is 5.69 Å². The first-order valence-corrected chi connectivity index (χ1v) is 8.72. The number of benzene rings is 1. The van der Waals surface area contributed by atoms with Crippen LogP contribution >= 0.6 is 0 Å². The summed E-state index contributed by atoms with van der Waals surface area (Å²) in [5, 5.41) is 3.09. The third-order valence-electron chi connectivity index (χ3n) is 4.55. The van der Waals surface area contributed by atoms with Gasteiger partial charge in [0.2, 0.25) is 5.91 Å². The number of hydrogen-bond acceptors (Lipinski definition) is 3. The summed E-state index contributed by atoms with van der Waals surface area (Å²) < 4.78 is 1.87. The molecule has 1 aliphatic heterocycles. The van der Waals surface area contributed by atoms with Crippen molar-refractivity contribution in [3.63, 3.8) is 0 Å². The molecule has 0 bridgehead atoms. The highest BCUT2D eigenvalue weighted by molar-refractivity contribution is 5.95. The van der Waals surface area contributed by atoms with Gasteiger partial charge in [0.25, 0.3) is 5.91 Å². The van der Waals surface area contributed by atoms with E-state index < -0.39 is 0 Å². The summed E-state index contributed by atoms with van der Waals surface area (Å²) in [4.78, 5) is 30.5. The molecule has 0 aliphatic carbocycles. The Kier molecular flexibility index (Phi) is 5.16. The Balaban J connectivity index is 1.59. The summed E-state index contributed by atoms with van der Waals surface area (Å²) in [7, 11) is 0. The number of carbonyl (C=O) groups is 2. The summed E-state index contributed by atoms with van der Waals surface area (Å²) in [6, 6.07) is 7.59. The van der Waals surface area contributed by atoms with E-state index in [2.05, 4.69) is 10.3 Å². The van der Waals surface area contributed by atoms with E-state index in [1.54, 1.807) is 12.5 Å². The van der Waals surface area contributed by atoms with Gasteiger partial charge in [-0.05, 0) is 31.0 Å². The van der Waals surface area contributed by atoms with Gasteiger partial charge in [-0.15, -0.1) is 0 Å². The van der Waals surface area contributed by atoms with Crippen molar-refractivity contribution in [1.29, 1.82) is 0 Å². The Morgan fingerprint density at radius 1 is 1.24 bits per heavy atom. The van der Waals surface area contributed by atoms with Gasteiger partial charge < -0.3 is 14.8 Å². The minimum Gasteiger partial charge on any atom is -0.349 e. The molecule has 6 heteroatoms. The molecule has 1 N–H and O–H groups in total. The maximum atomic E-state index is 12.5. The molecule has 2 heterocycles. The summed E-state index contributed by atoms with van der Waals surface area (Å²) in [6.45, 7) is 5.25. The highest BCUT2D eigenvalue weighted by Crippen LogP contribution is 2.15. The highest BCUT2D eigenvalue weighted by atomic mass is 16.2. The third kappa shape index (κ3) is 4.07. The van der Waals surface area contributed by atoms with Crippen LogP contribution in [0.2, 0.25) is 0 Å². The molecule has 1 aromatic heterocycles. The lowest BCUT2D eigenvalue weighted by Crippen LogP contribution is -2.47. The van der Waals surface area contributed by atoms with E-state index in [4.69, 9.17) is 0 Å². The smallest absolute Gasteiger partial charge is 0.251 e. The van der Waals surface area contributed by atoms with Gasteiger partial charge in [0, 0.05) is 48.7 Å². The Hall–Kier alpha value is -2.63. The highest BCUT2D eigenvalue weighted by Gasteiger charge is 2.25. The topological polar surface area (TPSA) is 67.2 Å². The van der Waals surface area contributed by atoms with Crippen LogP contribution in [-0.4, -0.2) is 45.4 Å². The van der Waals surface area contributed by atoms with Crippen molar-refractivity contribution in [2.24, 2.45) is 5.92 Å². The average Bonchev–Trinajstić information content (AvgIpc) is 3.16. The molecule has 6 nitrogen and oxygen atoms in total. The standard InChI is InChI=1S/C19H24N4O2/c1-14(2)19(25)22-9-6-16(7-10-22)21-18(24)15-4-3-5-17(12-15)23-11-8-20-13-23/h3-5,8,11-14,16H,6-7,9-10H2,1-2H3,(H,21,24). The molecule has 1 saturated heterocycles. The number of hydrogen-bond donors (Lipinski definition) is 1. The fourth-order valence-corrected chi connectivity index (χ4v) is 3.10. The fraction of sp³-hybridized carbons (Fsp3) is 0.421. The van der Waals surface area contributed by atoms with Gasteiger partial charge in [-0.25, -0.2) is 4.98 Å². The minimum atomic E-state index is -0.0735. The number of piperidine rings is 1. The second kappa shape index (κ2) is 7.51. The van der Waals surface area contributed by atoms with Gasteiger partial charge in [-0.1, -0.05) is 19.9 Å². The largest absolute Gasteiger partial charge is 0.349 e. The van der Waals surface area contributed by atoms with Crippen LogP contribution < -0.4 is 5.32 Å². The van der Waals surface area contributed by atoms with Crippen LogP contribution in [-0.2, 0) is 4.79 Å². The zero-order chi connectivity index (χ0) is 17.8. The van der Waals surface area contributed by atoms with Crippen molar-refractivity contribution in [2.75, 3.05) is 13.1 Å². The molecule has 1 fully saturated rings. The molecule has 1 aromatic carbocycles. The third-order valence-corrected chi connectivity index (χ3v) is 4.55. The van der Waals surface area contributed by atoms with Crippen molar-refractivity contribution in [3.8, 4) is 5.69 Å². The van der Waals surface area contributed by atoms with Crippen LogP contribution in [0.1, 0.15) is 37.0 Å². The first-order chi connectivity index (χ1) is 12.0. The summed E-state index contributed by atoms with van der Waals surface area (Å²) in [5.74, 6) is 0.144. The Labute approximate surface area is 147 Å². The minimum absolute atomic E-state index is 0.0251. The lowest BCUT2D eigenvalue weighted by atomic mass is 10.0. The maximum Gasteiger partial charge on any atom is 0.251 e. The average molecular weight is 340 g/mol. The van der Waals surface area contributed by atoms with E-state index in [-0.39, 0.29) is 23.8 Å². The molecule has 2 amide bonds. The van der Waals surface area contributed by atoms with Gasteiger partial charge in [-0.3, -0.25) is 9.59 Å². The van der Waals surface area contributed by atoms with Crippen molar-refractivity contribution < 1.29 is 9.59 Å². The number of amides is 2. The lowest BCUT2D eigenvalue weighted by Gasteiger charge is -2.33. The van der Waals surface area contributed by atoms with Gasteiger partial charge in [0.05, 0.1) is 6.33 Å². The quantitative estimate of drug-likeness (QED) is 0.928. The molecule has 0 radical (unpaired) electrons. The molecule has 1 aliphatic rings. The zero-order valence-corrected chi connectivity index (χ0v) is 14.7. The lowest BCUT2D eigenvalue weighted by molar-refractivity contribution is -0.135. The summed E-state index contributed by atoms with van der Waals surface area (Å²) >= 11 is 0. The first-order valence-electron chi connectivity index (χ1n) is 8.72. The van der Waals surface area contributed by atoms with E-state index in [0.29, 0.717) is 18.7 Å².